The highest BCUT2D eigenvalue weighted by molar-refractivity contribution is 7.99. The van der Waals surface area contributed by atoms with E-state index in [2.05, 4.69) is 22.2 Å². The van der Waals surface area contributed by atoms with Crippen LogP contribution in [0.25, 0.3) is 0 Å². The summed E-state index contributed by atoms with van der Waals surface area (Å²) in [5.74, 6) is 0.530. The van der Waals surface area contributed by atoms with E-state index in [0.717, 1.165) is 21.8 Å². The molecular formula is C29H30N4O4S. The molecular weight excluding hydrogens is 500 g/mol. The molecule has 196 valence electrons. The Morgan fingerprint density at radius 3 is 2.63 bits per heavy atom. The van der Waals surface area contributed by atoms with Crippen molar-refractivity contribution in [2.75, 3.05) is 11.1 Å². The Bertz CT molecular complexity index is 1360. The fourth-order valence-corrected chi connectivity index (χ4v) is 5.52. The SMILES string of the molecule is CC1C(CSc2nccn2C)OC(c2cccc(NC(=O)c3cccnc3)c2)OC1c1ccc(CO)cc1. The summed E-state index contributed by atoms with van der Waals surface area (Å²) < 4.78 is 15.1. The van der Waals surface area contributed by atoms with Crippen LogP contribution in [-0.4, -0.2) is 37.4 Å². The molecule has 1 fully saturated rings. The number of rotatable bonds is 8. The van der Waals surface area contributed by atoms with Crippen molar-refractivity contribution in [2.45, 2.75) is 37.2 Å². The van der Waals surface area contributed by atoms with Crippen molar-refractivity contribution in [3.63, 3.8) is 0 Å². The Kier molecular flexibility index (Phi) is 8.19. The van der Waals surface area contributed by atoms with E-state index < -0.39 is 6.29 Å². The molecule has 2 aromatic carbocycles. The molecule has 2 aromatic heterocycles. The molecule has 8 nitrogen and oxygen atoms in total. The molecule has 0 radical (unpaired) electrons. The van der Waals surface area contributed by atoms with E-state index in [1.54, 1.807) is 36.3 Å². The average molecular weight is 531 g/mol. The van der Waals surface area contributed by atoms with Gasteiger partial charge in [0.1, 0.15) is 0 Å². The number of nitrogens with zero attached hydrogens (tertiary/aromatic N) is 3. The van der Waals surface area contributed by atoms with E-state index in [-0.39, 0.29) is 30.6 Å². The van der Waals surface area contributed by atoms with Crippen molar-refractivity contribution < 1.29 is 19.4 Å². The number of hydrogen-bond donors (Lipinski definition) is 2. The highest BCUT2D eigenvalue weighted by atomic mass is 32.2. The number of imidazole rings is 1. The Hall–Kier alpha value is -3.50. The number of aryl methyl sites for hydroxylation is 1. The largest absolute Gasteiger partial charge is 0.392 e. The number of carbonyl (C=O) groups excluding carboxylic acids is 1. The molecule has 4 atom stereocenters. The lowest BCUT2D eigenvalue weighted by Gasteiger charge is -2.41. The van der Waals surface area contributed by atoms with Gasteiger partial charge in [-0.15, -0.1) is 0 Å². The van der Waals surface area contributed by atoms with Gasteiger partial charge in [-0.25, -0.2) is 4.98 Å². The van der Waals surface area contributed by atoms with Gasteiger partial charge in [0, 0.05) is 54.8 Å². The van der Waals surface area contributed by atoms with Gasteiger partial charge in [-0.1, -0.05) is 55.1 Å². The summed E-state index contributed by atoms with van der Waals surface area (Å²) in [5, 5.41) is 13.3. The maximum absolute atomic E-state index is 12.7. The fourth-order valence-electron chi connectivity index (χ4n) is 4.42. The molecule has 0 bridgehead atoms. The van der Waals surface area contributed by atoms with E-state index in [1.165, 1.54) is 6.20 Å². The summed E-state index contributed by atoms with van der Waals surface area (Å²) >= 11 is 1.65. The van der Waals surface area contributed by atoms with E-state index in [1.807, 2.05) is 66.3 Å². The number of amides is 1. The van der Waals surface area contributed by atoms with Crippen LogP contribution in [0, 0.1) is 5.92 Å². The minimum atomic E-state index is -0.629. The molecule has 4 aromatic rings. The second-order valence-corrected chi connectivity index (χ2v) is 10.3. The van der Waals surface area contributed by atoms with Crippen molar-refractivity contribution >= 4 is 23.4 Å². The molecule has 2 N–H and O–H groups in total. The van der Waals surface area contributed by atoms with Gasteiger partial charge in [0.15, 0.2) is 11.4 Å². The van der Waals surface area contributed by atoms with Gasteiger partial charge in [-0.05, 0) is 35.4 Å². The second kappa shape index (κ2) is 11.9. The monoisotopic (exact) mass is 530 g/mol. The maximum atomic E-state index is 12.7. The minimum Gasteiger partial charge on any atom is -0.392 e. The summed E-state index contributed by atoms with van der Waals surface area (Å²) in [6.45, 7) is 2.13. The highest BCUT2D eigenvalue weighted by Gasteiger charge is 2.38. The third kappa shape index (κ3) is 5.97. The van der Waals surface area contributed by atoms with Crippen molar-refractivity contribution in [3.05, 3.63) is 108 Å². The first-order chi connectivity index (χ1) is 18.5. The maximum Gasteiger partial charge on any atom is 0.257 e. The van der Waals surface area contributed by atoms with Crippen LogP contribution in [0.15, 0.2) is 90.6 Å². The number of carbonyl (C=O) groups is 1. The van der Waals surface area contributed by atoms with Gasteiger partial charge in [0.2, 0.25) is 0 Å². The summed E-state index contributed by atoms with van der Waals surface area (Å²) in [7, 11) is 1.98. The number of hydrogen-bond acceptors (Lipinski definition) is 7. The molecule has 1 saturated heterocycles. The van der Waals surface area contributed by atoms with Gasteiger partial charge in [0.25, 0.3) is 5.91 Å². The molecule has 4 unspecified atom stereocenters. The number of aliphatic hydroxyl groups excluding tert-OH is 1. The van der Waals surface area contributed by atoms with Gasteiger partial charge < -0.3 is 24.5 Å². The topological polar surface area (TPSA) is 98.5 Å². The lowest BCUT2D eigenvalue weighted by molar-refractivity contribution is -0.268. The zero-order valence-electron chi connectivity index (χ0n) is 21.2. The minimum absolute atomic E-state index is 0.00637. The molecule has 9 heteroatoms. The number of thioether (sulfide) groups is 1. The summed E-state index contributed by atoms with van der Waals surface area (Å²) in [4.78, 5) is 21.1. The quantitative estimate of drug-likeness (QED) is 0.304. The van der Waals surface area contributed by atoms with E-state index in [9.17, 15) is 9.90 Å². The van der Waals surface area contributed by atoms with Crippen molar-refractivity contribution in [2.24, 2.45) is 13.0 Å². The van der Waals surface area contributed by atoms with Crippen LogP contribution in [0.2, 0.25) is 0 Å². The molecule has 0 spiro atoms. The normalized spacial score (nSPS) is 21.2. The predicted molar refractivity (Wildman–Crippen MR) is 146 cm³/mol. The molecule has 38 heavy (non-hydrogen) atoms. The Morgan fingerprint density at radius 2 is 1.92 bits per heavy atom. The molecule has 1 aliphatic heterocycles. The lowest BCUT2D eigenvalue weighted by atomic mass is 9.91. The van der Waals surface area contributed by atoms with E-state index >= 15 is 0 Å². The fraction of sp³-hybridized carbons (Fsp3) is 0.276. The summed E-state index contributed by atoms with van der Waals surface area (Å²) in [6, 6.07) is 18.8. The van der Waals surface area contributed by atoms with Gasteiger partial charge in [-0.3, -0.25) is 9.78 Å². The van der Waals surface area contributed by atoms with Crippen LogP contribution in [0.3, 0.4) is 0 Å². The van der Waals surface area contributed by atoms with Crippen molar-refractivity contribution in [1.82, 2.24) is 14.5 Å². The van der Waals surface area contributed by atoms with Gasteiger partial charge in [0.05, 0.1) is 24.4 Å². The highest BCUT2D eigenvalue weighted by Crippen LogP contribution is 2.43. The van der Waals surface area contributed by atoms with Crippen molar-refractivity contribution in [1.29, 1.82) is 0 Å². The molecule has 5 rings (SSSR count). The Morgan fingerprint density at radius 1 is 1.08 bits per heavy atom. The summed E-state index contributed by atoms with van der Waals surface area (Å²) in [6.07, 6.45) is 5.91. The lowest BCUT2D eigenvalue weighted by Crippen LogP contribution is -2.38. The number of aliphatic hydroxyl groups is 1. The van der Waals surface area contributed by atoms with Crippen LogP contribution in [-0.2, 0) is 23.1 Å². The first-order valence-electron chi connectivity index (χ1n) is 12.4. The summed E-state index contributed by atoms with van der Waals surface area (Å²) in [5.41, 5.74) is 3.81. The number of pyridine rings is 1. The standard InChI is InChI=1S/C29H30N4O4S/c1-19-25(18-38-29-31-13-14-33(29)2)36-28(37-26(19)21-10-8-20(17-34)9-11-21)22-5-3-7-24(15-22)32-27(35)23-6-4-12-30-16-23/h3-16,19,25-26,28,34H,17-18H2,1-2H3,(H,32,35). The van der Waals surface area contributed by atoms with Crippen LogP contribution >= 0.6 is 11.8 Å². The van der Waals surface area contributed by atoms with Crippen LogP contribution in [0.5, 0.6) is 0 Å². The first kappa shape index (κ1) is 26.1. The molecule has 3 heterocycles. The number of aromatic nitrogens is 3. The van der Waals surface area contributed by atoms with Crippen LogP contribution in [0.1, 0.15) is 46.4 Å². The number of anilines is 1. The van der Waals surface area contributed by atoms with Crippen LogP contribution < -0.4 is 5.32 Å². The Balaban J connectivity index is 1.39. The molecule has 1 aliphatic rings. The van der Waals surface area contributed by atoms with E-state index in [0.29, 0.717) is 17.0 Å². The molecule has 0 aliphatic carbocycles. The van der Waals surface area contributed by atoms with Crippen LogP contribution in [0.4, 0.5) is 5.69 Å². The number of ether oxygens (including phenoxy) is 2. The predicted octanol–water partition coefficient (Wildman–Crippen LogP) is 5.14. The number of nitrogens with one attached hydrogen (secondary N) is 1. The number of benzene rings is 2. The molecule has 0 saturated carbocycles. The molecule has 1 amide bonds. The Labute approximate surface area is 226 Å². The zero-order chi connectivity index (χ0) is 26.5. The third-order valence-electron chi connectivity index (χ3n) is 6.62. The average Bonchev–Trinajstić information content (AvgIpc) is 3.37. The zero-order valence-corrected chi connectivity index (χ0v) is 22.0. The van der Waals surface area contributed by atoms with Gasteiger partial charge >= 0.3 is 0 Å². The van der Waals surface area contributed by atoms with Gasteiger partial charge in [-0.2, -0.15) is 0 Å². The smallest absolute Gasteiger partial charge is 0.257 e. The van der Waals surface area contributed by atoms with Crippen molar-refractivity contribution in [3.8, 4) is 0 Å². The van der Waals surface area contributed by atoms with E-state index in [4.69, 9.17) is 9.47 Å². The first-order valence-corrected chi connectivity index (χ1v) is 13.4. The third-order valence-corrected chi connectivity index (χ3v) is 7.76. The second-order valence-electron chi connectivity index (χ2n) is 9.27.